The van der Waals surface area contributed by atoms with E-state index in [1.807, 2.05) is 0 Å². The van der Waals surface area contributed by atoms with Crippen LogP contribution in [-0.4, -0.2) is 19.5 Å². The second kappa shape index (κ2) is 5.66. The monoisotopic (exact) mass is 313 g/mol. The average Bonchev–Trinajstić information content (AvgIpc) is 2.92. The van der Waals surface area contributed by atoms with Crippen molar-refractivity contribution < 1.29 is 27.1 Å². The molecule has 0 fully saturated rings. The van der Waals surface area contributed by atoms with Crippen LogP contribution in [0.25, 0.3) is 0 Å². The van der Waals surface area contributed by atoms with E-state index in [9.17, 15) is 17.6 Å². The van der Waals surface area contributed by atoms with E-state index in [0.29, 0.717) is 5.56 Å². The molecule has 2 aromatic rings. The fourth-order valence-electron chi connectivity index (χ4n) is 1.70. The van der Waals surface area contributed by atoms with Crippen molar-refractivity contribution in [2.75, 3.05) is 0 Å². The van der Waals surface area contributed by atoms with Crippen molar-refractivity contribution in [3.05, 3.63) is 53.2 Å². The molecule has 0 aliphatic carbocycles. The van der Waals surface area contributed by atoms with Crippen LogP contribution in [0.5, 0.6) is 0 Å². The Morgan fingerprint density at radius 1 is 1.43 bits per heavy atom. The fourth-order valence-corrected chi connectivity index (χ4v) is 2.83. The zero-order valence-corrected chi connectivity index (χ0v) is 11.8. The summed E-state index contributed by atoms with van der Waals surface area (Å²) in [5.74, 6) is -2.47. The van der Waals surface area contributed by atoms with Crippen molar-refractivity contribution in [2.45, 2.75) is 18.4 Å². The number of carboxylic acids is 1. The molecule has 0 radical (unpaired) electrons. The maximum absolute atomic E-state index is 13.6. The highest BCUT2D eigenvalue weighted by molar-refractivity contribution is 7.89. The third-order valence-corrected chi connectivity index (χ3v) is 4.20. The number of furan rings is 1. The molecule has 0 aliphatic heterocycles. The standard InChI is InChI=1S/C13H12FNO5S/c1-8-4-10(5-11(12(8)14)13(16)17)21(18,19)15-6-9-2-3-20-7-9/h2-5,7,15H,6H2,1H3,(H,16,17). The fraction of sp³-hybridized carbons (Fsp3) is 0.154. The van der Waals surface area contributed by atoms with E-state index in [1.54, 1.807) is 6.07 Å². The molecule has 8 heteroatoms. The topological polar surface area (TPSA) is 96.6 Å². The number of aromatic carboxylic acids is 1. The number of halogens is 1. The van der Waals surface area contributed by atoms with Gasteiger partial charge >= 0.3 is 5.97 Å². The first-order chi connectivity index (χ1) is 9.81. The lowest BCUT2D eigenvalue weighted by molar-refractivity contribution is 0.0691. The van der Waals surface area contributed by atoms with Crippen LogP contribution in [0.1, 0.15) is 21.5 Å². The van der Waals surface area contributed by atoms with Crippen molar-refractivity contribution in [1.29, 1.82) is 0 Å². The molecular weight excluding hydrogens is 301 g/mol. The Hall–Kier alpha value is -2.19. The van der Waals surface area contributed by atoms with Crippen LogP contribution in [0.3, 0.4) is 0 Å². The first-order valence-corrected chi connectivity index (χ1v) is 7.34. The molecule has 0 spiro atoms. The number of hydrogen-bond donors (Lipinski definition) is 2. The Bertz CT molecular complexity index is 768. The van der Waals surface area contributed by atoms with Gasteiger partial charge in [0.05, 0.1) is 23.0 Å². The first kappa shape index (κ1) is 15.2. The molecule has 112 valence electrons. The molecule has 2 N–H and O–H groups in total. The number of sulfonamides is 1. The minimum Gasteiger partial charge on any atom is -0.478 e. The summed E-state index contributed by atoms with van der Waals surface area (Å²) in [4.78, 5) is 10.6. The summed E-state index contributed by atoms with van der Waals surface area (Å²) in [5.41, 5.74) is -0.131. The van der Waals surface area contributed by atoms with Gasteiger partial charge in [-0.3, -0.25) is 0 Å². The predicted molar refractivity (Wildman–Crippen MR) is 70.8 cm³/mol. The van der Waals surface area contributed by atoms with E-state index in [2.05, 4.69) is 4.72 Å². The molecule has 0 saturated heterocycles. The molecular formula is C13H12FNO5S. The molecule has 0 unspecified atom stereocenters. The van der Waals surface area contributed by atoms with E-state index in [-0.39, 0.29) is 17.0 Å². The van der Waals surface area contributed by atoms with Gasteiger partial charge in [-0.05, 0) is 30.7 Å². The highest BCUT2D eigenvalue weighted by Gasteiger charge is 2.21. The lowest BCUT2D eigenvalue weighted by Gasteiger charge is -2.09. The van der Waals surface area contributed by atoms with Crippen LogP contribution >= 0.6 is 0 Å². The number of carbonyl (C=O) groups is 1. The van der Waals surface area contributed by atoms with Crippen molar-refractivity contribution >= 4 is 16.0 Å². The maximum Gasteiger partial charge on any atom is 0.338 e. The predicted octanol–water partition coefficient (Wildman–Crippen LogP) is 1.90. The van der Waals surface area contributed by atoms with Crippen molar-refractivity contribution in [3.63, 3.8) is 0 Å². The summed E-state index contributed by atoms with van der Waals surface area (Å²) < 4.78 is 44.9. The van der Waals surface area contributed by atoms with Gasteiger partial charge < -0.3 is 9.52 Å². The SMILES string of the molecule is Cc1cc(S(=O)(=O)NCc2ccoc2)cc(C(=O)O)c1F. The Morgan fingerprint density at radius 2 is 2.14 bits per heavy atom. The second-order valence-corrected chi connectivity index (χ2v) is 6.13. The molecule has 2 rings (SSSR count). The molecule has 0 bridgehead atoms. The summed E-state index contributed by atoms with van der Waals surface area (Å²) in [6.07, 6.45) is 2.77. The Balaban J connectivity index is 2.33. The Morgan fingerprint density at radius 3 is 2.71 bits per heavy atom. The molecule has 1 heterocycles. The van der Waals surface area contributed by atoms with Gasteiger partial charge in [-0.1, -0.05) is 0 Å². The molecule has 1 aromatic heterocycles. The van der Waals surface area contributed by atoms with Crippen molar-refractivity contribution in [3.8, 4) is 0 Å². The van der Waals surface area contributed by atoms with E-state index < -0.39 is 27.4 Å². The minimum absolute atomic E-state index is 0.0162. The quantitative estimate of drug-likeness (QED) is 0.879. The van der Waals surface area contributed by atoms with E-state index in [0.717, 1.165) is 12.1 Å². The first-order valence-electron chi connectivity index (χ1n) is 5.85. The number of hydrogen-bond acceptors (Lipinski definition) is 4. The zero-order chi connectivity index (χ0) is 15.6. The molecule has 1 aromatic carbocycles. The molecule has 0 atom stereocenters. The van der Waals surface area contributed by atoms with Crippen LogP contribution < -0.4 is 4.72 Å². The lowest BCUT2D eigenvalue weighted by atomic mass is 10.1. The Kier molecular flexibility index (Phi) is 4.10. The van der Waals surface area contributed by atoms with Crippen LogP contribution in [0.4, 0.5) is 4.39 Å². The molecule has 6 nitrogen and oxygen atoms in total. The summed E-state index contributed by atoms with van der Waals surface area (Å²) in [5, 5.41) is 8.89. The Labute approximate surface area is 120 Å². The minimum atomic E-state index is -3.95. The van der Waals surface area contributed by atoms with Crippen molar-refractivity contribution in [1.82, 2.24) is 4.72 Å². The van der Waals surface area contributed by atoms with Gasteiger partial charge in [0.15, 0.2) is 0 Å². The third kappa shape index (κ3) is 3.29. The van der Waals surface area contributed by atoms with Gasteiger partial charge in [0.25, 0.3) is 0 Å². The van der Waals surface area contributed by atoms with E-state index >= 15 is 0 Å². The van der Waals surface area contributed by atoms with Crippen molar-refractivity contribution in [2.24, 2.45) is 0 Å². The number of nitrogens with one attached hydrogen (secondary N) is 1. The number of rotatable bonds is 5. The highest BCUT2D eigenvalue weighted by Crippen LogP contribution is 2.19. The average molecular weight is 313 g/mol. The largest absolute Gasteiger partial charge is 0.478 e. The van der Waals surface area contributed by atoms with Gasteiger partial charge in [-0.25, -0.2) is 22.3 Å². The van der Waals surface area contributed by atoms with Gasteiger partial charge in [-0.15, -0.1) is 0 Å². The number of aryl methyl sites for hydroxylation is 1. The van der Waals surface area contributed by atoms with Gasteiger partial charge in [-0.2, -0.15) is 0 Å². The van der Waals surface area contributed by atoms with Crippen LogP contribution in [0, 0.1) is 12.7 Å². The van der Waals surface area contributed by atoms with Gasteiger partial charge in [0, 0.05) is 12.1 Å². The van der Waals surface area contributed by atoms with Crippen LogP contribution in [-0.2, 0) is 16.6 Å². The molecule has 0 saturated carbocycles. The molecule has 0 aliphatic rings. The number of carboxylic acid groups (broad SMARTS) is 1. The summed E-state index contributed by atoms with van der Waals surface area (Å²) in [6.45, 7) is 1.29. The van der Waals surface area contributed by atoms with E-state index in [1.165, 1.54) is 19.5 Å². The maximum atomic E-state index is 13.6. The highest BCUT2D eigenvalue weighted by atomic mass is 32.2. The summed E-state index contributed by atoms with van der Waals surface area (Å²) in [7, 11) is -3.95. The van der Waals surface area contributed by atoms with Gasteiger partial charge in [0.1, 0.15) is 5.82 Å². The third-order valence-electron chi connectivity index (χ3n) is 2.82. The smallest absolute Gasteiger partial charge is 0.338 e. The normalized spacial score (nSPS) is 11.5. The summed E-state index contributed by atoms with van der Waals surface area (Å²) >= 11 is 0. The lowest BCUT2D eigenvalue weighted by Crippen LogP contribution is -2.23. The summed E-state index contributed by atoms with van der Waals surface area (Å²) in [6, 6.07) is 3.46. The van der Waals surface area contributed by atoms with E-state index in [4.69, 9.17) is 9.52 Å². The zero-order valence-electron chi connectivity index (χ0n) is 11.0. The molecule has 0 amide bonds. The molecule has 21 heavy (non-hydrogen) atoms. The van der Waals surface area contributed by atoms with Crippen LogP contribution in [0.15, 0.2) is 40.0 Å². The number of benzene rings is 1. The second-order valence-electron chi connectivity index (χ2n) is 4.36. The van der Waals surface area contributed by atoms with Crippen LogP contribution in [0.2, 0.25) is 0 Å². The van der Waals surface area contributed by atoms with Gasteiger partial charge in [0.2, 0.25) is 10.0 Å².